The number of carbonyl (C=O) groups is 1. The number of nitrogens with one attached hydrogen (secondary N) is 2. The van der Waals surface area contributed by atoms with Gasteiger partial charge in [-0.05, 0) is 37.3 Å². The summed E-state index contributed by atoms with van der Waals surface area (Å²) in [7, 11) is 1.56. The molecular weight excluding hydrogens is 513 g/mol. The number of allylic oxidation sites excluding steroid dienone is 1. The van der Waals surface area contributed by atoms with E-state index in [0.29, 0.717) is 44.5 Å². The summed E-state index contributed by atoms with van der Waals surface area (Å²) in [5, 5.41) is 11.6. The zero-order chi connectivity index (χ0) is 25.9. The lowest BCUT2D eigenvalue weighted by molar-refractivity contribution is -0.113. The van der Waals surface area contributed by atoms with Gasteiger partial charge in [0.05, 0.1) is 18.4 Å². The number of rotatable bonds is 7. The van der Waals surface area contributed by atoms with Crippen molar-refractivity contribution in [2.24, 2.45) is 0 Å². The first kappa shape index (κ1) is 24.7. The first-order valence-corrected chi connectivity index (χ1v) is 12.2. The van der Waals surface area contributed by atoms with Crippen LogP contribution in [-0.4, -0.2) is 27.8 Å². The van der Waals surface area contributed by atoms with Crippen molar-refractivity contribution in [1.82, 2.24) is 14.8 Å². The fourth-order valence-electron chi connectivity index (χ4n) is 4.24. The third-order valence-electron chi connectivity index (χ3n) is 6.01. The van der Waals surface area contributed by atoms with Crippen LogP contribution in [-0.2, 0) is 11.4 Å². The molecule has 2 N–H and O–H groups in total. The summed E-state index contributed by atoms with van der Waals surface area (Å²) in [5.74, 6) is 1.35. The molecular formula is C27H23Cl2N5O3. The number of benzene rings is 3. The Bertz CT molecular complexity index is 1500. The van der Waals surface area contributed by atoms with Crippen molar-refractivity contribution in [1.29, 1.82) is 0 Å². The number of amides is 1. The third-order valence-corrected chi connectivity index (χ3v) is 6.59. The average Bonchev–Trinajstić information content (AvgIpc) is 3.36. The molecule has 0 aliphatic carbocycles. The molecule has 0 saturated carbocycles. The Hall–Kier alpha value is -4.01. The smallest absolute Gasteiger partial charge is 0.255 e. The van der Waals surface area contributed by atoms with Crippen molar-refractivity contribution < 1.29 is 14.3 Å². The van der Waals surface area contributed by atoms with E-state index in [1.54, 1.807) is 36.1 Å². The Morgan fingerprint density at radius 2 is 1.84 bits per heavy atom. The molecule has 1 aliphatic rings. The van der Waals surface area contributed by atoms with Gasteiger partial charge < -0.3 is 20.1 Å². The van der Waals surface area contributed by atoms with Crippen molar-refractivity contribution >= 4 is 40.7 Å². The lowest BCUT2D eigenvalue weighted by atomic mass is 9.94. The van der Waals surface area contributed by atoms with Gasteiger partial charge in [-0.25, -0.2) is 4.68 Å². The highest BCUT2D eigenvalue weighted by Gasteiger charge is 2.35. The molecule has 2 heterocycles. The topological polar surface area (TPSA) is 90.3 Å². The molecule has 1 amide bonds. The summed E-state index contributed by atoms with van der Waals surface area (Å²) < 4.78 is 13.3. The van der Waals surface area contributed by atoms with Crippen molar-refractivity contribution in [2.75, 3.05) is 17.7 Å². The maximum absolute atomic E-state index is 13.7. The average molecular weight is 536 g/mol. The molecule has 1 atom stereocenters. The summed E-state index contributed by atoms with van der Waals surface area (Å²) >= 11 is 12.4. The summed E-state index contributed by atoms with van der Waals surface area (Å²) in [6, 6.07) is 19.4. The molecule has 0 radical (unpaired) electrons. The SMILES string of the molecule is COc1ccccc1NC(=O)C1=C(C)Nc2ncnn2C1c1ccccc1OCc1ccc(Cl)cc1Cl. The van der Waals surface area contributed by atoms with Crippen LogP contribution in [0, 0.1) is 0 Å². The summed E-state index contributed by atoms with van der Waals surface area (Å²) in [4.78, 5) is 18.0. The highest BCUT2D eigenvalue weighted by atomic mass is 35.5. The molecule has 188 valence electrons. The Morgan fingerprint density at radius 1 is 1.08 bits per heavy atom. The van der Waals surface area contributed by atoms with Crippen LogP contribution in [0.3, 0.4) is 0 Å². The van der Waals surface area contributed by atoms with E-state index in [9.17, 15) is 4.79 Å². The van der Waals surface area contributed by atoms with E-state index in [2.05, 4.69) is 20.7 Å². The van der Waals surface area contributed by atoms with Gasteiger partial charge in [-0.15, -0.1) is 0 Å². The Morgan fingerprint density at radius 3 is 2.62 bits per heavy atom. The number of hydrogen-bond acceptors (Lipinski definition) is 6. The maximum atomic E-state index is 13.7. The van der Waals surface area contributed by atoms with Gasteiger partial charge in [-0.3, -0.25) is 4.79 Å². The van der Waals surface area contributed by atoms with Crippen LogP contribution in [0.4, 0.5) is 11.6 Å². The Labute approximate surface area is 223 Å². The van der Waals surface area contributed by atoms with Gasteiger partial charge in [0, 0.05) is 26.9 Å². The number of ether oxygens (including phenoxy) is 2. The molecule has 1 aromatic heterocycles. The van der Waals surface area contributed by atoms with E-state index in [-0.39, 0.29) is 12.5 Å². The van der Waals surface area contributed by atoms with Gasteiger partial charge in [-0.2, -0.15) is 10.1 Å². The molecule has 4 aromatic rings. The van der Waals surface area contributed by atoms with Crippen molar-refractivity contribution in [2.45, 2.75) is 19.6 Å². The molecule has 0 fully saturated rings. The molecule has 0 saturated heterocycles. The van der Waals surface area contributed by atoms with Gasteiger partial charge in [0.1, 0.15) is 30.5 Å². The van der Waals surface area contributed by atoms with Crippen molar-refractivity contribution in [3.05, 3.63) is 105 Å². The van der Waals surface area contributed by atoms with Gasteiger partial charge in [0.2, 0.25) is 5.95 Å². The van der Waals surface area contributed by atoms with Gasteiger partial charge in [0.15, 0.2) is 0 Å². The Kier molecular flexibility index (Phi) is 7.03. The number of para-hydroxylation sites is 3. The van der Waals surface area contributed by atoms with Gasteiger partial charge >= 0.3 is 0 Å². The molecule has 0 spiro atoms. The minimum atomic E-state index is -0.606. The predicted molar refractivity (Wildman–Crippen MR) is 143 cm³/mol. The molecule has 1 aliphatic heterocycles. The van der Waals surface area contributed by atoms with E-state index in [1.807, 2.05) is 49.4 Å². The minimum Gasteiger partial charge on any atom is -0.495 e. The number of halogens is 2. The second kappa shape index (κ2) is 10.5. The fourth-order valence-corrected chi connectivity index (χ4v) is 4.71. The standard InChI is InChI=1S/C27H23Cl2N5O3/c1-16-24(26(35)33-21-8-4-6-10-23(21)36-2)25(34-27(32-16)30-15-31-34)19-7-3-5-9-22(19)37-14-17-11-12-18(28)13-20(17)29/h3-13,15,25H,14H2,1-2H3,(H,33,35)(H,30,31,32). The van der Waals surface area contributed by atoms with Crippen molar-refractivity contribution in [3.8, 4) is 11.5 Å². The fraction of sp³-hybridized carbons (Fsp3) is 0.148. The van der Waals surface area contributed by atoms with Crippen molar-refractivity contribution in [3.63, 3.8) is 0 Å². The van der Waals surface area contributed by atoms with E-state index in [4.69, 9.17) is 32.7 Å². The normalized spacial score (nSPS) is 14.5. The lowest BCUT2D eigenvalue weighted by Crippen LogP contribution is -2.31. The van der Waals surface area contributed by atoms with Gasteiger partial charge in [0.25, 0.3) is 5.91 Å². The number of nitrogens with zero attached hydrogens (tertiary/aromatic N) is 3. The van der Waals surface area contributed by atoms with Crippen LogP contribution in [0.15, 0.2) is 84.3 Å². The number of methoxy groups -OCH3 is 1. The monoisotopic (exact) mass is 535 g/mol. The van der Waals surface area contributed by atoms with E-state index in [1.165, 1.54) is 6.33 Å². The highest BCUT2D eigenvalue weighted by molar-refractivity contribution is 6.35. The summed E-state index contributed by atoms with van der Waals surface area (Å²) in [6.07, 6.45) is 1.45. The van der Waals surface area contributed by atoms with Crippen LogP contribution in [0.25, 0.3) is 0 Å². The number of carbonyl (C=O) groups excluding carboxylic acids is 1. The van der Waals surface area contributed by atoms with Crippen LogP contribution >= 0.6 is 23.2 Å². The Balaban J connectivity index is 1.52. The van der Waals surface area contributed by atoms with Crippen LogP contribution in [0.5, 0.6) is 11.5 Å². The number of fused-ring (bicyclic) bond motifs is 1. The van der Waals surface area contributed by atoms with E-state index >= 15 is 0 Å². The first-order valence-electron chi connectivity index (χ1n) is 11.4. The highest BCUT2D eigenvalue weighted by Crippen LogP contribution is 2.40. The number of aromatic nitrogens is 3. The molecule has 10 heteroatoms. The minimum absolute atomic E-state index is 0.216. The summed E-state index contributed by atoms with van der Waals surface area (Å²) in [6.45, 7) is 2.05. The quantitative estimate of drug-likeness (QED) is 0.297. The second-order valence-corrected chi connectivity index (χ2v) is 9.15. The molecule has 5 rings (SSSR count). The first-order chi connectivity index (χ1) is 18.0. The molecule has 1 unspecified atom stereocenters. The van der Waals surface area contributed by atoms with Crippen LogP contribution in [0.2, 0.25) is 10.0 Å². The summed E-state index contributed by atoms with van der Waals surface area (Å²) in [5.41, 5.74) is 3.19. The van der Waals surface area contributed by atoms with Crippen LogP contribution in [0.1, 0.15) is 24.1 Å². The van der Waals surface area contributed by atoms with Gasteiger partial charge in [-0.1, -0.05) is 59.6 Å². The van der Waals surface area contributed by atoms with E-state index < -0.39 is 6.04 Å². The third kappa shape index (κ3) is 4.98. The zero-order valence-corrected chi connectivity index (χ0v) is 21.5. The molecule has 37 heavy (non-hydrogen) atoms. The number of anilines is 2. The largest absolute Gasteiger partial charge is 0.495 e. The predicted octanol–water partition coefficient (Wildman–Crippen LogP) is 6.10. The van der Waals surface area contributed by atoms with E-state index in [0.717, 1.165) is 11.1 Å². The van der Waals surface area contributed by atoms with Crippen LogP contribution < -0.4 is 20.1 Å². The maximum Gasteiger partial charge on any atom is 0.255 e. The molecule has 3 aromatic carbocycles. The molecule has 8 nitrogen and oxygen atoms in total. The zero-order valence-electron chi connectivity index (χ0n) is 20.0. The molecule has 0 bridgehead atoms. The number of hydrogen-bond donors (Lipinski definition) is 2. The second-order valence-electron chi connectivity index (χ2n) is 8.31. The lowest BCUT2D eigenvalue weighted by Gasteiger charge is -2.30.